The first-order valence-corrected chi connectivity index (χ1v) is 8.31. The summed E-state index contributed by atoms with van der Waals surface area (Å²) in [6.07, 6.45) is 6.91. The maximum Gasteiger partial charge on any atom is 0.218 e. The fourth-order valence-electron chi connectivity index (χ4n) is 2.70. The van der Waals surface area contributed by atoms with Gasteiger partial charge in [-0.2, -0.15) is 4.98 Å². The molecule has 4 nitrogen and oxygen atoms in total. The van der Waals surface area contributed by atoms with E-state index in [1.165, 1.54) is 12.8 Å². The molecule has 0 atom stereocenters. The summed E-state index contributed by atoms with van der Waals surface area (Å²) >= 11 is 0. The molecule has 1 N–H and O–H groups in total. The van der Waals surface area contributed by atoms with Crippen molar-refractivity contribution in [3.05, 3.63) is 11.9 Å². The average Bonchev–Trinajstić information content (AvgIpc) is 2.47. The Morgan fingerprint density at radius 2 is 1.95 bits per heavy atom. The average molecular weight is 291 g/mol. The number of nitrogens with one attached hydrogen (secondary N) is 1. The summed E-state index contributed by atoms with van der Waals surface area (Å²) < 4.78 is 6.12. The van der Waals surface area contributed by atoms with E-state index in [9.17, 15) is 0 Å². The van der Waals surface area contributed by atoms with Crippen molar-refractivity contribution in [2.24, 2.45) is 5.41 Å². The fourth-order valence-corrected chi connectivity index (χ4v) is 2.70. The molecular weight excluding hydrogens is 262 g/mol. The van der Waals surface area contributed by atoms with Crippen LogP contribution in [-0.2, 0) is 6.42 Å². The Kier molecular flexibility index (Phi) is 5.43. The molecule has 0 radical (unpaired) electrons. The number of aromatic nitrogens is 2. The highest BCUT2D eigenvalue weighted by atomic mass is 16.5. The van der Waals surface area contributed by atoms with Gasteiger partial charge in [-0.3, -0.25) is 0 Å². The van der Waals surface area contributed by atoms with Crippen LogP contribution in [0.15, 0.2) is 6.07 Å². The maximum absolute atomic E-state index is 6.12. The minimum Gasteiger partial charge on any atom is -0.474 e. The SMILES string of the molecule is CCCNc1cc(OC2CCC(C)(C)CC2)nc(CC)n1. The summed E-state index contributed by atoms with van der Waals surface area (Å²) in [6.45, 7) is 9.84. The molecule has 1 aliphatic carbocycles. The molecule has 1 heterocycles. The molecule has 0 aliphatic heterocycles. The maximum atomic E-state index is 6.12. The molecule has 0 bridgehead atoms. The molecule has 1 fully saturated rings. The van der Waals surface area contributed by atoms with E-state index in [1.807, 2.05) is 6.07 Å². The van der Waals surface area contributed by atoms with Crippen LogP contribution in [0, 0.1) is 5.41 Å². The van der Waals surface area contributed by atoms with Gasteiger partial charge in [-0.25, -0.2) is 4.98 Å². The molecule has 4 heteroatoms. The zero-order valence-corrected chi connectivity index (χ0v) is 13.9. The summed E-state index contributed by atoms with van der Waals surface area (Å²) in [6, 6.07) is 1.94. The highest BCUT2D eigenvalue weighted by molar-refractivity contribution is 5.38. The number of ether oxygens (including phenoxy) is 1. The lowest BCUT2D eigenvalue weighted by Gasteiger charge is -2.34. The van der Waals surface area contributed by atoms with Gasteiger partial charge in [0.25, 0.3) is 0 Å². The van der Waals surface area contributed by atoms with Gasteiger partial charge in [0.05, 0.1) is 0 Å². The smallest absolute Gasteiger partial charge is 0.218 e. The van der Waals surface area contributed by atoms with Gasteiger partial charge in [-0.05, 0) is 37.5 Å². The van der Waals surface area contributed by atoms with Crippen LogP contribution in [0.25, 0.3) is 0 Å². The monoisotopic (exact) mass is 291 g/mol. The number of nitrogens with zero attached hydrogens (tertiary/aromatic N) is 2. The van der Waals surface area contributed by atoms with Gasteiger partial charge in [0.1, 0.15) is 17.7 Å². The Balaban J connectivity index is 2.01. The highest BCUT2D eigenvalue weighted by Crippen LogP contribution is 2.36. The van der Waals surface area contributed by atoms with Crippen molar-refractivity contribution in [3.8, 4) is 5.88 Å². The lowest BCUT2D eigenvalue weighted by atomic mass is 9.76. The summed E-state index contributed by atoms with van der Waals surface area (Å²) in [5, 5.41) is 3.33. The van der Waals surface area contributed by atoms with Gasteiger partial charge in [0.2, 0.25) is 5.88 Å². The Hall–Kier alpha value is -1.32. The second-order valence-corrected chi connectivity index (χ2v) is 6.77. The molecule has 118 valence electrons. The normalized spacial score (nSPS) is 18.5. The topological polar surface area (TPSA) is 47.0 Å². The summed E-state index contributed by atoms with van der Waals surface area (Å²) in [4.78, 5) is 9.02. The second-order valence-electron chi connectivity index (χ2n) is 6.77. The zero-order valence-electron chi connectivity index (χ0n) is 13.9. The van der Waals surface area contributed by atoms with Crippen LogP contribution < -0.4 is 10.1 Å². The Labute approximate surface area is 128 Å². The van der Waals surface area contributed by atoms with Crippen molar-refractivity contribution in [1.29, 1.82) is 0 Å². The minimum absolute atomic E-state index is 0.302. The van der Waals surface area contributed by atoms with Crippen LogP contribution >= 0.6 is 0 Å². The van der Waals surface area contributed by atoms with Crippen molar-refractivity contribution in [3.63, 3.8) is 0 Å². The van der Waals surface area contributed by atoms with Gasteiger partial charge in [0.15, 0.2) is 0 Å². The largest absolute Gasteiger partial charge is 0.474 e. The van der Waals surface area contributed by atoms with Crippen molar-refractivity contribution in [2.75, 3.05) is 11.9 Å². The van der Waals surface area contributed by atoms with Gasteiger partial charge in [-0.15, -0.1) is 0 Å². The lowest BCUT2D eigenvalue weighted by molar-refractivity contribution is 0.0946. The van der Waals surface area contributed by atoms with Gasteiger partial charge >= 0.3 is 0 Å². The molecule has 0 spiro atoms. The molecule has 0 amide bonds. The van der Waals surface area contributed by atoms with E-state index in [0.717, 1.165) is 49.8 Å². The van der Waals surface area contributed by atoms with Gasteiger partial charge < -0.3 is 10.1 Å². The predicted octanol–water partition coefficient (Wildman–Crippen LogP) is 4.21. The van der Waals surface area contributed by atoms with E-state index in [1.54, 1.807) is 0 Å². The summed E-state index contributed by atoms with van der Waals surface area (Å²) in [5.41, 5.74) is 0.466. The van der Waals surface area contributed by atoms with Crippen LogP contribution in [0.4, 0.5) is 5.82 Å². The third-order valence-corrected chi connectivity index (χ3v) is 4.19. The van der Waals surface area contributed by atoms with Crippen LogP contribution in [0.5, 0.6) is 5.88 Å². The third kappa shape index (κ3) is 4.87. The number of anilines is 1. The van der Waals surface area contributed by atoms with Crippen LogP contribution in [-0.4, -0.2) is 22.6 Å². The second kappa shape index (κ2) is 7.10. The molecule has 1 aromatic rings. The molecule has 1 saturated carbocycles. The van der Waals surface area contributed by atoms with Crippen LogP contribution in [0.2, 0.25) is 0 Å². The number of rotatable bonds is 6. The van der Waals surface area contributed by atoms with E-state index >= 15 is 0 Å². The lowest BCUT2D eigenvalue weighted by Crippen LogP contribution is -2.28. The molecule has 21 heavy (non-hydrogen) atoms. The molecular formula is C17H29N3O. The minimum atomic E-state index is 0.302. The number of aryl methyl sites for hydroxylation is 1. The predicted molar refractivity (Wildman–Crippen MR) is 86.9 cm³/mol. The van der Waals surface area contributed by atoms with E-state index in [2.05, 4.69) is 43.0 Å². The summed E-state index contributed by atoms with van der Waals surface area (Å²) in [5.74, 6) is 2.46. The van der Waals surface area contributed by atoms with Gasteiger partial charge in [-0.1, -0.05) is 27.7 Å². The van der Waals surface area contributed by atoms with E-state index in [4.69, 9.17) is 4.74 Å². The molecule has 0 aromatic carbocycles. The van der Waals surface area contributed by atoms with E-state index < -0.39 is 0 Å². The molecule has 2 rings (SSSR count). The van der Waals surface area contributed by atoms with Crippen molar-refractivity contribution < 1.29 is 4.74 Å². The van der Waals surface area contributed by atoms with Crippen molar-refractivity contribution in [1.82, 2.24) is 9.97 Å². The van der Waals surface area contributed by atoms with E-state index in [-0.39, 0.29) is 0 Å². The molecule has 0 saturated heterocycles. The standard InChI is InChI=1S/C17H29N3O/c1-5-11-18-15-12-16(20-14(6-2)19-15)21-13-7-9-17(3,4)10-8-13/h12-13H,5-11H2,1-4H3,(H,18,19,20). The van der Waals surface area contributed by atoms with Gasteiger partial charge in [0, 0.05) is 19.0 Å². The first kappa shape index (κ1) is 16.1. The first-order chi connectivity index (χ1) is 10.0. The molecule has 1 aromatic heterocycles. The quantitative estimate of drug-likeness (QED) is 0.853. The van der Waals surface area contributed by atoms with Crippen LogP contribution in [0.3, 0.4) is 0 Å². The third-order valence-electron chi connectivity index (χ3n) is 4.19. The number of hydrogen-bond donors (Lipinski definition) is 1. The van der Waals surface area contributed by atoms with E-state index in [0.29, 0.717) is 11.5 Å². The fraction of sp³-hybridized carbons (Fsp3) is 0.765. The molecule has 1 aliphatic rings. The molecule has 0 unspecified atom stereocenters. The van der Waals surface area contributed by atoms with Crippen molar-refractivity contribution in [2.45, 2.75) is 72.3 Å². The summed E-state index contributed by atoms with van der Waals surface area (Å²) in [7, 11) is 0. The number of hydrogen-bond acceptors (Lipinski definition) is 4. The first-order valence-electron chi connectivity index (χ1n) is 8.31. The van der Waals surface area contributed by atoms with Crippen molar-refractivity contribution >= 4 is 5.82 Å². The highest BCUT2D eigenvalue weighted by Gasteiger charge is 2.28. The Bertz CT molecular complexity index is 449. The zero-order chi connectivity index (χ0) is 15.3. The Morgan fingerprint density at radius 1 is 1.24 bits per heavy atom. The van der Waals surface area contributed by atoms with Crippen LogP contribution in [0.1, 0.15) is 65.6 Å². The Morgan fingerprint density at radius 3 is 2.57 bits per heavy atom.